The summed E-state index contributed by atoms with van der Waals surface area (Å²) in [7, 11) is 0. The highest BCUT2D eigenvalue weighted by atomic mass is 32.1. The van der Waals surface area contributed by atoms with Crippen molar-refractivity contribution in [2.75, 3.05) is 0 Å². The molecule has 0 amide bonds. The number of benzene rings is 7. The highest BCUT2D eigenvalue weighted by Crippen LogP contribution is 2.47. The maximum absolute atomic E-state index is 10.2. The van der Waals surface area contributed by atoms with Gasteiger partial charge >= 0.3 is 0 Å². The number of rotatable bonds is 3. The first-order valence-corrected chi connectivity index (χ1v) is 16.0. The summed E-state index contributed by atoms with van der Waals surface area (Å²) >= 11 is 1.84. The van der Waals surface area contributed by atoms with Crippen molar-refractivity contribution < 1.29 is 0 Å². The van der Waals surface area contributed by atoms with Crippen molar-refractivity contribution >= 4 is 75.0 Å². The molecule has 46 heavy (non-hydrogen) atoms. The SMILES string of the molecule is N#Cc1cc(-c2cc3sc4cccc5c6ccccc6c(c2)c3c45)cc(-n2c3ccccc3c3nc(-c4ccccc4)ncc32)c1. The summed E-state index contributed by atoms with van der Waals surface area (Å²) in [4.78, 5) is 9.84. The lowest BCUT2D eigenvalue weighted by atomic mass is 9.92. The fourth-order valence-corrected chi connectivity index (χ4v) is 8.41. The summed E-state index contributed by atoms with van der Waals surface area (Å²) in [6, 6.07) is 46.9. The average molecular weight is 603 g/mol. The topological polar surface area (TPSA) is 54.5 Å². The number of hydrogen-bond acceptors (Lipinski definition) is 4. The number of aromatic nitrogens is 3. The summed E-state index contributed by atoms with van der Waals surface area (Å²) < 4.78 is 4.74. The average Bonchev–Trinajstić information content (AvgIpc) is 3.67. The molecule has 0 saturated heterocycles. The normalized spacial score (nSPS) is 11.9. The van der Waals surface area contributed by atoms with Gasteiger partial charge in [-0.2, -0.15) is 5.26 Å². The van der Waals surface area contributed by atoms with Gasteiger partial charge in [0.1, 0.15) is 5.52 Å². The van der Waals surface area contributed by atoms with Gasteiger partial charge in [-0.05, 0) is 75.1 Å². The summed E-state index contributed by atoms with van der Waals surface area (Å²) in [5.74, 6) is 0.691. The van der Waals surface area contributed by atoms with Gasteiger partial charge in [0.05, 0.1) is 28.9 Å². The van der Waals surface area contributed by atoms with Crippen LogP contribution in [0.25, 0.3) is 91.9 Å². The standard InChI is InChI=1S/C41H22N4S/c42-22-24-17-26(27-20-33-30-12-5-4-11-29(30)31-14-8-16-36-38(31)39(33)37(21-27)46-36)19-28(18-24)45-34-15-7-6-13-32(34)40-35(45)23-43-41(44-40)25-9-2-1-3-10-25/h1-21,23H. The van der Waals surface area contributed by atoms with E-state index >= 15 is 0 Å². The molecule has 10 aromatic rings. The van der Waals surface area contributed by atoms with Crippen molar-refractivity contribution in [3.63, 3.8) is 0 Å². The van der Waals surface area contributed by atoms with Crippen LogP contribution in [0.1, 0.15) is 5.56 Å². The van der Waals surface area contributed by atoms with E-state index in [9.17, 15) is 5.26 Å². The first kappa shape index (κ1) is 25.3. The molecule has 0 spiro atoms. The first-order chi connectivity index (χ1) is 22.7. The van der Waals surface area contributed by atoms with Crippen LogP contribution >= 0.6 is 11.3 Å². The van der Waals surface area contributed by atoms with Crippen molar-refractivity contribution in [3.05, 3.63) is 139 Å². The third kappa shape index (κ3) is 3.53. The summed E-state index contributed by atoms with van der Waals surface area (Å²) in [5.41, 5.74) is 7.39. The van der Waals surface area contributed by atoms with E-state index in [0.717, 1.165) is 44.3 Å². The molecule has 5 heteroatoms. The zero-order chi connectivity index (χ0) is 30.4. The molecule has 0 atom stereocenters. The highest BCUT2D eigenvalue weighted by molar-refractivity contribution is 7.26. The largest absolute Gasteiger partial charge is 0.306 e. The maximum Gasteiger partial charge on any atom is 0.159 e. The fraction of sp³-hybridized carbons (Fsp3) is 0. The van der Waals surface area contributed by atoms with E-state index in [2.05, 4.69) is 83.4 Å². The Kier molecular flexibility index (Phi) is 5.19. The van der Waals surface area contributed by atoms with Gasteiger partial charge in [0, 0.05) is 36.8 Å². The molecule has 0 saturated carbocycles. The van der Waals surface area contributed by atoms with Crippen LogP contribution in [0.3, 0.4) is 0 Å². The van der Waals surface area contributed by atoms with Crippen LogP contribution in [0.4, 0.5) is 0 Å². The second kappa shape index (κ2) is 9.45. The lowest BCUT2D eigenvalue weighted by Crippen LogP contribution is -1.97. The van der Waals surface area contributed by atoms with Crippen LogP contribution in [0.2, 0.25) is 0 Å². The predicted octanol–water partition coefficient (Wildman–Crippen LogP) is 10.9. The zero-order valence-corrected chi connectivity index (χ0v) is 25.2. The van der Waals surface area contributed by atoms with Crippen molar-refractivity contribution in [1.29, 1.82) is 5.26 Å². The molecule has 3 heterocycles. The molecule has 10 rings (SSSR count). The molecule has 4 nitrogen and oxygen atoms in total. The molecular weight excluding hydrogens is 581 g/mol. The first-order valence-electron chi connectivity index (χ1n) is 15.2. The molecule has 0 N–H and O–H groups in total. The van der Waals surface area contributed by atoms with Crippen molar-refractivity contribution in [2.45, 2.75) is 0 Å². The monoisotopic (exact) mass is 602 g/mol. The summed E-state index contributed by atoms with van der Waals surface area (Å²) in [6.07, 6.45) is 1.91. The second-order valence-electron chi connectivity index (χ2n) is 11.7. The number of nitriles is 1. The van der Waals surface area contributed by atoms with Crippen LogP contribution in [0.5, 0.6) is 0 Å². The minimum absolute atomic E-state index is 0.605. The molecule has 0 radical (unpaired) electrons. The van der Waals surface area contributed by atoms with E-state index < -0.39 is 0 Å². The fourth-order valence-electron chi connectivity index (χ4n) is 7.21. The predicted molar refractivity (Wildman–Crippen MR) is 191 cm³/mol. The van der Waals surface area contributed by atoms with Crippen LogP contribution < -0.4 is 0 Å². The van der Waals surface area contributed by atoms with Crippen LogP contribution in [-0.2, 0) is 0 Å². The highest BCUT2D eigenvalue weighted by Gasteiger charge is 2.19. The lowest BCUT2D eigenvalue weighted by molar-refractivity contribution is 1.14. The van der Waals surface area contributed by atoms with Crippen molar-refractivity contribution in [1.82, 2.24) is 14.5 Å². The van der Waals surface area contributed by atoms with E-state index in [1.54, 1.807) is 0 Å². The molecular formula is C41H22N4S. The zero-order valence-electron chi connectivity index (χ0n) is 24.4. The maximum atomic E-state index is 10.2. The van der Waals surface area contributed by atoms with Crippen LogP contribution in [-0.4, -0.2) is 14.5 Å². The number of nitrogens with zero attached hydrogens (tertiary/aromatic N) is 4. The van der Waals surface area contributed by atoms with Crippen molar-refractivity contribution in [3.8, 4) is 34.3 Å². The lowest BCUT2D eigenvalue weighted by Gasteiger charge is -2.13. The Labute approximate surface area is 267 Å². The number of para-hydroxylation sites is 1. The Balaban J connectivity index is 1.24. The van der Waals surface area contributed by atoms with Gasteiger partial charge in [0.25, 0.3) is 0 Å². The number of hydrogen-bond donors (Lipinski definition) is 0. The number of thiophene rings is 1. The molecule has 0 unspecified atom stereocenters. The smallest absolute Gasteiger partial charge is 0.159 e. The molecule has 0 fully saturated rings. The quantitative estimate of drug-likeness (QED) is 0.189. The molecule has 0 aliphatic heterocycles. The third-order valence-electron chi connectivity index (χ3n) is 9.19. The molecule has 7 aromatic carbocycles. The van der Waals surface area contributed by atoms with Gasteiger partial charge in [0.2, 0.25) is 0 Å². The minimum atomic E-state index is 0.605. The Hall–Kier alpha value is -6.09. The van der Waals surface area contributed by atoms with Gasteiger partial charge < -0.3 is 4.57 Å². The van der Waals surface area contributed by atoms with Gasteiger partial charge in [-0.3, -0.25) is 0 Å². The van der Waals surface area contributed by atoms with Crippen molar-refractivity contribution in [2.24, 2.45) is 0 Å². The molecule has 0 aliphatic rings. The van der Waals surface area contributed by atoms with E-state index in [-0.39, 0.29) is 0 Å². The Bertz CT molecular complexity index is 2870. The van der Waals surface area contributed by atoms with Crippen LogP contribution in [0, 0.1) is 11.3 Å². The minimum Gasteiger partial charge on any atom is -0.306 e. The van der Waals surface area contributed by atoms with E-state index in [4.69, 9.17) is 9.97 Å². The summed E-state index contributed by atoms with van der Waals surface area (Å²) in [5, 5.41) is 19.0. The van der Waals surface area contributed by atoms with E-state index in [1.165, 1.54) is 41.7 Å². The molecule has 3 aromatic heterocycles. The van der Waals surface area contributed by atoms with Gasteiger partial charge in [0.15, 0.2) is 5.82 Å². The van der Waals surface area contributed by atoms with Crippen LogP contribution in [0.15, 0.2) is 134 Å². The molecule has 212 valence electrons. The second-order valence-corrected chi connectivity index (χ2v) is 12.8. The Morgan fingerprint density at radius 2 is 1.28 bits per heavy atom. The number of fused-ring (bicyclic) bond motifs is 6. The van der Waals surface area contributed by atoms with E-state index in [1.807, 2.05) is 72.1 Å². The molecule has 0 aliphatic carbocycles. The Morgan fingerprint density at radius 3 is 2.13 bits per heavy atom. The van der Waals surface area contributed by atoms with Gasteiger partial charge in [-0.15, -0.1) is 11.3 Å². The van der Waals surface area contributed by atoms with E-state index in [0.29, 0.717) is 11.4 Å². The Morgan fingerprint density at radius 1 is 0.565 bits per heavy atom. The summed E-state index contributed by atoms with van der Waals surface area (Å²) in [6.45, 7) is 0. The van der Waals surface area contributed by atoms with Gasteiger partial charge in [-0.25, -0.2) is 9.97 Å². The third-order valence-corrected chi connectivity index (χ3v) is 10.3. The molecule has 0 bridgehead atoms. The van der Waals surface area contributed by atoms with Gasteiger partial charge in [-0.1, -0.05) is 84.9 Å².